The molecule has 0 bridgehead atoms. The summed E-state index contributed by atoms with van der Waals surface area (Å²) in [7, 11) is 0. The van der Waals surface area contributed by atoms with Crippen molar-refractivity contribution in [2.24, 2.45) is 0 Å². The van der Waals surface area contributed by atoms with Gasteiger partial charge >= 0.3 is 0 Å². The SMILES string of the molecule is CC(C)(C)c1cc(-c2ccc3c(c2)c2ccc(Oc4[c-]c(N5[CH-]N(c6cc(C(C)(C)C)cc(C(C)(C)C)c6)c6c(-c7cccc8ccccc78)cccc65)ccc4)[c-]c2n3-c2cc(C(C)(C)C)ccn2)cc(C(C)(C)C)c1.[Pt]. The fraction of sp³-hybridized carbons (Fsp3) is 0.278. The Balaban J connectivity index is 0.00000688. The van der Waals surface area contributed by atoms with Crippen molar-refractivity contribution in [1.29, 1.82) is 0 Å². The van der Waals surface area contributed by atoms with Gasteiger partial charge in [-0.05, 0) is 124 Å². The molecule has 0 N–H and O–H groups in total. The molecule has 5 nitrogen and oxygen atoms in total. The molecular weight excluding hydrogens is 1130 g/mol. The van der Waals surface area contributed by atoms with E-state index in [-0.39, 0.29) is 48.1 Å². The third-order valence-corrected chi connectivity index (χ3v) is 15.5. The van der Waals surface area contributed by atoms with Crippen molar-refractivity contribution < 1.29 is 25.8 Å². The quantitative estimate of drug-likeness (QED) is 0.149. The number of aromatic nitrogens is 2. The molecule has 0 fully saturated rings. The van der Waals surface area contributed by atoms with Crippen LogP contribution in [0.25, 0.3) is 60.6 Å². The molecule has 6 heteroatoms. The number of fused-ring (bicyclic) bond motifs is 5. The second-order valence-electron chi connectivity index (χ2n) is 26.4. The van der Waals surface area contributed by atoms with Gasteiger partial charge in [0.25, 0.3) is 0 Å². The molecule has 400 valence electrons. The molecule has 11 rings (SSSR count). The monoisotopic (exact) mass is 1200 g/mol. The Bertz CT molecular complexity index is 3850. The molecule has 0 unspecified atom stereocenters. The van der Waals surface area contributed by atoms with Crippen molar-refractivity contribution in [3.63, 3.8) is 0 Å². The first-order chi connectivity index (χ1) is 36.3. The van der Waals surface area contributed by atoms with Crippen LogP contribution in [0.5, 0.6) is 11.5 Å². The molecule has 0 atom stereocenters. The van der Waals surface area contributed by atoms with Gasteiger partial charge in [-0.1, -0.05) is 200 Å². The molecule has 8 aromatic carbocycles. The van der Waals surface area contributed by atoms with Crippen molar-refractivity contribution in [2.75, 3.05) is 9.80 Å². The number of pyridine rings is 1. The molecule has 3 heterocycles. The van der Waals surface area contributed by atoms with Crippen LogP contribution in [0.4, 0.5) is 22.7 Å². The molecule has 78 heavy (non-hydrogen) atoms. The summed E-state index contributed by atoms with van der Waals surface area (Å²) in [5.41, 5.74) is 17.1. The van der Waals surface area contributed by atoms with E-state index in [9.17, 15) is 0 Å². The third-order valence-electron chi connectivity index (χ3n) is 15.5. The van der Waals surface area contributed by atoms with Crippen LogP contribution in [0.15, 0.2) is 164 Å². The van der Waals surface area contributed by atoms with E-state index in [2.05, 4.69) is 283 Å². The normalized spacial score (nSPS) is 13.4. The van der Waals surface area contributed by atoms with E-state index in [1.54, 1.807) is 0 Å². The van der Waals surface area contributed by atoms with Gasteiger partial charge in [-0.15, -0.1) is 48.1 Å². The van der Waals surface area contributed by atoms with E-state index < -0.39 is 0 Å². The molecule has 2 aromatic heterocycles. The number of nitrogens with zero attached hydrogens (tertiary/aromatic N) is 4. The van der Waals surface area contributed by atoms with E-state index in [1.165, 1.54) is 55.3 Å². The Morgan fingerprint density at radius 1 is 0.449 bits per heavy atom. The van der Waals surface area contributed by atoms with Gasteiger partial charge in [0, 0.05) is 66.9 Å². The van der Waals surface area contributed by atoms with Crippen molar-refractivity contribution in [2.45, 2.75) is 131 Å². The molecule has 0 saturated carbocycles. The number of para-hydroxylation sites is 1. The fourth-order valence-corrected chi connectivity index (χ4v) is 10.7. The minimum atomic E-state index is -0.0705. The zero-order valence-electron chi connectivity index (χ0n) is 48.2. The Morgan fingerprint density at radius 3 is 1.71 bits per heavy atom. The van der Waals surface area contributed by atoms with Gasteiger partial charge < -0.3 is 19.1 Å². The third kappa shape index (κ3) is 10.3. The summed E-state index contributed by atoms with van der Waals surface area (Å²) in [5, 5.41) is 4.64. The summed E-state index contributed by atoms with van der Waals surface area (Å²) in [5.74, 6) is 2.03. The van der Waals surface area contributed by atoms with Crippen LogP contribution in [0.1, 0.15) is 132 Å². The van der Waals surface area contributed by atoms with E-state index >= 15 is 0 Å². The standard InChI is InChI=1S/C72H73N4O.Pt/c1-68(2,3)49-33-34-73-66(42-49)76-63-32-29-47(48-35-50(69(4,5)6)38-51(36-48)70(7,8)9)37-62(63)60-31-30-57(44-65(60)76)77-56-24-19-23-54(43-56)74-45-75(55-40-52(71(10,11)12)39-53(41-55)72(13,14)15)67-61(27-20-28-64(67)74)59-26-18-22-46-21-16-17-25-58(46)59;/h16-42,45H,1-15H3;/q-3;. The number of benzene rings is 8. The second-order valence-corrected chi connectivity index (χ2v) is 26.4. The predicted molar refractivity (Wildman–Crippen MR) is 326 cm³/mol. The first-order valence-corrected chi connectivity index (χ1v) is 27.3. The first kappa shape index (κ1) is 54.4. The topological polar surface area (TPSA) is 33.5 Å². The van der Waals surface area contributed by atoms with Crippen LogP contribution < -0.4 is 14.5 Å². The Labute approximate surface area is 478 Å². The van der Waals surface area contributed by atoms with Crippen LogP contribution in [0, 0.1) is 18.8 Å². The Hall–Kier alpha value is -6.94. The maximum absolute atomic E-state index is 6.88. The molecule has 1 aliphatic heterocycles. The molecule has 0 aliphatic carbocycles. The number of hydrogen-bond donors (Lipinski definition) is 0. The molecular formula is C72H73N4OPt-3. The average Bonchev–Trinajstić information content (AvgIpc) is 4.11. The van der Waals surface area contributed by atoms with Crippen LogP contribution in [0.2, 0.25) is 0 Å². The van der Waals surface area contributed by atoms with E-state index in [1.807, 2.05) is 18.3 Å². The predicted octanol–water partition coefficient (Wildman–Crippen LogP) is 20.0. The van der Waals surface area contributed by atoms with E-state index in [0.717, 1.165) is 55.9 Å². The van der Waals surface area contributed by atoms with Gasteiger partial charge in [-0.2, -0.15) is 12.1 Å². The number of hydrogen-bond acceptors (Lipinski definition) is 4. The minimum absolute atomic E-state index is 0. The smallest absolute Gasteiger partial charge is 0.135 e. The van der Waals surface area contributed by atoms with Crippen molar-refractivity contribution >= 4 is 55.3 Å². The van der Waals surface area contributed by atoms with Gasteiger partial charge in [-0.3, -0.25) is 0 Å². The minimum Gasteiger partial charge on any atom is -0.509 e. The van der Waals surface area contributed by atoms with Crippen LogP contribution in [-0.2, 0) is 48.1 Å². The Kier molecular flexibility index (Phi) is 13.8. The van der Waals surface area contributed by atoms with Crippen molar-refractivity contribution in [3.8, 4) is 39.6 Å². The van der Waals surface area contributed by atoms with Crippen molar-refractivity contribution in [3.05, 3.63) is 211 Å². The van der Waals surface area contributed by atoms with Crippen LogP contribution >= 0.6 is 0 Å². The van der Waals surface area contributed by atoms with Gasteiger partial charge in [-0.25, -0.2) is 4.98 Å². The first-order valence-electron chi connectivity index (χ1n) is 27.3. The summed E-state index contributed by atoms with van der Waals surface area (Å²) in [6, 6.07) is 65.3. The summed E-state index contributed by atoms with van der Waals surface area (Å²) in [6.07, 6.45) is 1.93. The summed E-state index contributed by atoms with van der Waals surface area (Å²) in [4.78, 5) is 9.67. The van der Waals surface area contributed by atoms with Crippen molar-refractivity contribution in [1.82, 2.24) is 9.55 Å². The number of ether oxygens (including phenoxy) is 1. The van der Waals surface area contributed by atoms with Crippen LogP contribution in [0.3, 0.4) is 0 Å². The summed E-state index contributed by atoms with van der Waals surface area (Å²) >= 11 is 0. The maximum Gasteiger partial charge on any atom is 0.135 e. The summed E-state index contributed by atoms with van der Waals surface area (Å²) < 4.78 is 9.13. The number of rotatable bonds is 7. The zero-order chi connectivity index (χ0) is 54.6. The number of anilines is 4. The fourth-order valence-electron chi connectivity index (χ4n) is 10.7. The summed E-state index contributed by atoms with van der Waals surface area (Å²) in [6.45, 7) is 36.6. The largest absolute Gasteiger partial charge is 0.509 e. The molecule has 10 aromatic rings. The molecule has 0 saturated heterocycles. The van der Waals surface area contributed by atoms with E-state index in [4.69, 9.17) is 9.72 Å². The Morgan fingerprint density at radius 2 is 1.04 bits per heavy atom. The van der Waals surface area contributed by atoms with Crippen LogP contribution in [-0.4, -0.2) is 9.55 Å². The maximum atomic E-state index is 6.88. The molecule has 0 spiro atoms. The average molecular weight is 1210 g/mol. The molecule has 0 radical (unpaired) electrons. The van der Waals surface area contributed by atoms with Gasteiger partial charge in [0.2, 0.25) is 0 Å². The van der Waals surface area contributed by atoms with E-state index in [0.29, 0.717) is 11.5 Å². The molecule has 0 amide bonds. The molecule has 1 aliphatic rings. The zero-order valence-corrected chi connectivity index (χ0v) is 50.5. The second kappa shape index (κ2) is 19.8. The van der Waals surface area contributed by atoms with Gasteiger partial charge in [0.15, 0.2) is 0 Å². The van der Waals surface area contributed by atoms with Gasteiger partial charge in [0.05, 0.1) is 0 Å². The van der Waals surface area contributed by atoms with Gasteiger partial charge in [0.1, 0.15) is 5.82 Å².